The van der Waals surface area contributed by atoms with Crippen LogP contribution in [0, 0.1) is 36.1 Å². The minimum Gasteiger partial charge on any atom is -0.259 e. The van der Waals surface area contributed by atoms with Crippen LogP contribution in [0.1, 0.15) is 5.69 Å². The highest BCUT2D eigenvalue weighted by Gasteiger charge is 2.28. The van der Waals surface area contributed by atoms with E-state index in [0.717, 1.165) is 12.3 Å². The molecule has 0 unspecified atom stereocenters. The fraction of sp³-hybridized carbons (Fsp3) is 0.0667. The molecule has 3 aromatic rings. The maximum atomic E-state index is 14.4. The first-order valence-electron chi connectivity index (χ1n) is 7.10. The monoisotopic (exact) mass is 404 g/mol. The molecule has 0 saturated heterocycles. The highest BCUT2D eigenvalue weighted by Crippen LogP contribution is 2.33. The van der Waals surface area contributed by atoms with Crippen molar-refractivity contribution in [1.82, 2.24) is 14.8 Å². The summed E-state index contributed by atoms with van der Waals surface area (Å²) in [4.78, 5) is 2.59. The van der Waals surface area contributed by atoms with Gasteiger partial charge in [-0.05, 0) is 25.1 Å². The van der Waals surface area contributed by atoms with Crippen molar-refractivity contribution in [1.29, 1.82) is 0 Å². The molecule has 142 valence electrons. The molecule has 0 bridgehead atoms. The largest absolute Gasteiger partial charge is 0.269 e. The molecule has 0 amide bonds. The number of benzene rings is 1. The van der Waals surface area contributed by atoms with Crippen LogP contribution in [-0.4, -0.2) is 23.2 Å². The standard InChI is InChI=1S/C15H9F5N4O2S/c1-6-13(8(16)2-3-22-6)24-14(12(19)15(20)23-24)7-4-10(18)11(5-9(7)17)27(21,25)26/h2-5H,1H3,(H2,21,25,26). The van der Waals surface area contributed by atoms with Crippen LogP contribution in [0.3, 0.4) is 0 Å². The lowest BCUT2D eigenvalue weighted by atomic mass is 10.1. The molecule has 2 heterocycles. The van der Waals surface area contributed by atoms with E-state index in [2.05, 4.69) is 10.1 Å². The average Bonchev–Trinajstić information content (AvgIpc) is 2.83. The number of primary sulfonamides is 1. The van der Waals surface area contributed by atoms with Gasteiger partial charge < -0.3 is 0 Å². The Hall–Kier alpha value is -2.86. The number of aryl methyl sites for hydroxylation is 1. The molecule has 0 radical (unpaired) electrons. The molecule has 0 atom stereocenters. The third-order valence-electron chi connectivity index (χ3n) is 3.64. The van der Waals surface area contributed by atoms with Crippen molar-refractivity contribution in [2.24, 2.45) is 5.14 Å². The van der Waals surface area contributed by atoms with Crippen LogP contribution in [0.4, 0.5) is 22.0 Å². The van der Waals surface area contributed by atoms with E-state index in [-0.39, 0.29) is 11.8 Å². The van der Waals surface area contributed by atoms with E-state index >= 15 is 0 Å². The highest BCUT2D eigenvalue weighted by atomic mass is 32.2. The molecule has 0 saturated carbocycles. The summed E-state index contributed by atoms with van der Waals surface area (Å²) >= 11 is 0. The number of nitrogens with two attached hydrogens (primary N) is 1. The van der Waals surface area contributed by atoms with Gasteiger partial charge in [-0.1, -0.05) is 0 Å². The number of nitrogens with zero attached hydrogens (tertiary/aromatic N) is 3. The Morgan fingerprint density at radius 1 is 1.04 bits per heavy atom. The number of hydrogen-bond donors (Lipinski definition) is 1. The minimum absolute atomic E-state index is 0.0409. The summed E-state index contributed by atoms with van der Waals surface area (Å²) in [5.74, 6) is -7.33. The Morgan fingerprint density at radius 2 is 1.70 bits per heavy atom. The van der Waals surface area contributed by atoms with E-state index in [9.17, 15) is 30.4 Å². The molecule has 27 heavy (non-hydrogen) atoms. The lowest BCUT2D eigenvalue weighted by Gasteiger charge is -2.12. The van der Waals surface area contributed by atoms with Crippen LogP contribution in [0.2, 0.25) is 0 Å². The van der Waals surface area contributed by atoms with Crippen LogP contribution in [0.25, 0.3) is 16.9 Å². The number of sulfonamides is 1. The van der Waals surface area contributed by atoms with Gasteiger partial charge in [-0.2, -0.15) is 8.78 Å². The summed E-state index contributed by atoms with van der Waals surface area (Å²) in [5, 5.41) is 7.95. The molecular weight excluding hydrogens is 395 g/mol. The summed E-state index contributed by atoms with van der Waals surface area (Å²) in [5.41, 5.74) is -2.39. The molecular formula is C15H9F5N4O2S. The summed E-state index contributed by atoms with van der Waals surface area (Å²) in [6.07, 6.45) is 1.09. The molecule has 12 heteroatoms. The van der Waals surface area contributed by atoms with Crippen molar-refractivity contribution in [2.45, 2.75) is 11.8 Å². The number of hydrogen-bond acceptors (Lipinski definition) is 4. The maximum Gasteiger partial charge on any atom is 0.269 e. The summed E-state index contributed by atoms with van der Waals surface area (Å²) in [6, 6.07) is 1.39. The Labute approximate surface area is 149 Å². The van der Waals surface area contributed by atoms with E-state index in [1.54, 1.807) is 0 Å². The first kappa shape index (κ1) is 18.9. The molecule has 0 fully saturated rings. The molecule has 1 aromatic carbocycles. The van der Waals surface area contributed by atoms with Gasteiger partial charge >= 0.3 is 0 Å². The SMILES string of the molecule is Cc1nccc(F)c1-n1nc(F)c(F)c1-c1cc(F)c(S(N)(=O)=O)cc1F. The second kappa shape index (κ2) is 6.39. The zero-order valence-electron chi connectivity index (χ0n) is 13.3. The van der Waals surface area contributed by atoms with Crippen LogP contribution in [0.15, 0.2) is 29.3 Å². The number of pyridine rings is 1. The first-order valence-corrected chi connectivity index (χ1v) is 8.64. The van der Waals surface area contributed by atoms with Gasteiger partial charge in [0.15, 0.2) is 5.82 Å². The predicted molar refractivity (Wildman–Crippen MR) is 82.7 cm³/mol. The van der Waals surface area contributed by atoms with Crippen molar-refractivity contribution in [2.75, 3.05) is 0 Å². The molecule has 3 rings (SSSR count). The van der Waals surface area contributed by atoms with Crippen molar-refractivity contribution < 1.29 is 30.4 Å². The van der Waals surface area contributed by atoms with Gasteiger partial charge in [0.1, 0.15) is 27.9 Å². The second-order valence-corrected chi connectivity index (χ2v) is 6.93. The van der Waals surface area contributed by atoms with Crippen LogP contribution in [-0.2, 0) is 10.0 Å². The van der Waals surface area contributed by atoms with E-state index in [1.807, 2.05) is 0 Å². The van der Waals surface area contributed by atoms with Crippen LogP contribution >= 0.6 is 0 Å². The van der Waals surface area contributed by atoms with E-state index in [1.165, 1.54) is 6.92 Å². The zero-order valence-corrected chi connectivity index (χ0v) is 14.2. The Morgan fingerprint density at radius 3 is 2.30 bits per heavy atom. The maximum absolute atomic E-state index is 14.4. The van der Waals surface area contributed by atoms with E-state index in [4.69, 9.17) is 5.14 Å². The van der Waals surface area contributed by atoms with Gasteiger partial charge in [-0.25, -0.2) is 31.4 Å². The lowest BCUT2D eigenvalue weighted by molar-refractivity contribution is 0.487. The van der Waals surface area contributed by atoms with Gasteiger partial charge in [0, 0.05) is 11.8 Å². The van der Waals surface area contributed by atoms with E-state index < -0.39 is 61.1 Å². The molecule has 0 spiro atoms. The first-order chi connectivity index (χ1) is 12.5. The highest BCUT2D eigenvalue weighted by molar-refractivity contribution is 7.89. The molecule has 6 nitrogen and oxygen atoms in total. The molecule has 2 aromatic heterocycles. The number of aromatic nitrogens is 3. The fourth-order valence-corrected chi connectivity index (χ4v) is 3.07. The Bertz CT molecular complexity index is 1160. The van der Waals surface area contributed by atoms with Crippen molar-refractivity contribution >= 4 is 10.0 Å². The summed E-state index contributed by atoms with van der Waals surface area (Å²) in [7, 11) is -4.61. The van der Waals surface area contributed by atoms with E-state index in [0.29, 0.717) is 10.7 Å². The van der Waals surface area contributed by atoms with Gasteiger partial charge in [-0.3, -0.25) is 4.98 Å². The zero-order chi connectivity index (χ0) is 20.1. The Kier molecular flexibility index (Phi) is 4.48. The van der Waals surface area contributed by atoms with Gasteiger partial charge in [0.2, 0.25) is 15.8 Å². The summed E-state index contributed by atoms with van der Waals surface area (Å²) in [6.45, 7) is 1.31. The number of halogens is 5. The average molecular weight is 404 g/mol. The normalized spacial score (nSPS) is 11.8. The van der Waals surface area contributed by atoms with Crippen molar-refractivity contribution in [3.8, 4) is 16.9 Å². The van der Waals surface area contributed by atoms with Gasteiger partial charge in [0.05, 0.1) is 5.69 Å². The molecule has 0 aliphatic rings. The van der Waals surface area contributed by atoms with Crippen LogP contribution in [0.5, 0.6) is 0 Å². The number of rotatable bonds is 3. The van der Waals surface area contributed by atoms with Gasteiger partial charge in [0.25, 0.3) is 5.95 Å². The van der Waals surface area contributed by atoms with Crippen molar-refractivity contribution in [3.63, 3.8) is 0 Å². The third kappa shape index (κ3) is 3.17. The minimum atomic E-state index is -4.61. The molecule has 2 N–H and O–H groups in total. The van der Waals surface area contributed by atoms with Crippen molar-refractivity contribution in [3.05, 3.63) is 59.3 Å². The van der Waals surface area contributed by atoms with Crippen LogP contribution < -0.4 is 5.14 Å². The fourth-order valence-electron chi connectivity index (χ4n) is 2.48. The smallest absolute Gasteiger partial charge is 0.259 e. The summed E-state index contributed by atoms with van der Waals surface area (Å²) < 4.78 is 93.6. The lowest BCUT2D eigenvalue weighted by Crippen LogP contribution is -2.15. The Balaban J connectivity index is 2.36. The molecule has 0 aliphatic heterocycles. The molecule has 0 aliphatic carbocycles. The quantitative estimate of drug-likeness (QED) is 0.680. The third-order valence-corrected chi connectivity index (χ3v) is 4.57. The predicted octanol–water partition coefficient (Wildman–Crippen LogP) is 2.59. The van der Waals surface area contributed by atoms with Gasteiger partial charge in [-0.15, -0.1) is 5.10 Å². The second-order valence-electron chi connectivity index (χ2n) is 5.40. The topological polar surface area (TPSA) is 90.9 Å².